The molecule has 0 saturated carbocycles. The van der Waals surface area contributed by atoms with Crippen molar-refractivity contribution >= 4 is 5.91 Å². The average molecular weight is 684 g/mol. The Labute approximate surface area is 305 Å². The Balaban J connectivity index is 3.52. The van der Waals surface area contributed by atoms with E-state index < -0.39 is 12.1 Å². The summed E-state index contributed by atoms with van der Waals surface area (Å²) in [7, 11) is 0. The highest BCUT2D eigenvalue weighted by atomic mass is 16.3. The van der Waals surface area contributed by atoms with E-state index in [2.05, 4.69) is 67.8 Å². The molecule has 0 radical (unpaired) electrons. The first kappa shape index (κ1) is 47.1. The molecule has 0 aliphatic carbocycles. The molecule has 0 aromatic rings. The second kappa shape index (κ2) is 40.5. The Kier molecular flexibility index (Phi) is 38.9. The summed E-state index contributed by atoms with van der Waals surface area (Å²) in [5.41, 5.74) is 0. The second-order valence-corrected chi connectivity index (χ2v) is 14.0. The Morgan fingerprint density at radius 3 is 1.39 bits per heavy atom. The fourth-order valence-electron chi connectivity index (χ4n) is 6.01. The van der Waals surface area contributed by atoms with Crippen molar-refractivity contribution in [2.75, 3.05) is 6.61 Å². The Hall–Kier alpha value is -1.91. The molecule has 4 heteroatoms. The van der Waals surface area contributed by atoms with Crippen LogP contribution in [-0.4, -0.2) is 34.9 Å². The standard InChI is InChI=1S/C45H81NO3/c1-3-5-7-9-11-13-15-16-17-18-19-20-21-22-23-24-25-26-27-28-29-30-31-33-35-37-39-41-45(49)46-43(42-47)44(48)40-38-36-34-32-14-12-10-8-6-4-2/h6,8,14-16,18-19,32,38,40,43-44,47-48H,3-5,7,9-13,17,20-31,33-37,39,41-42H2,1-2H3,(H,46,49)/b8-6+,16-15-,19-18-,32-14+,40-38+. The highest BCUT2D eigenvalue weighted by molar-refractivity contribution is 5.76. The number of nitrogens with one attached hydrogen (secondary N) is 1. The maximum Gasteiger partial charge on any atom is 0.220 e. The van der Waals surface area contributed by atoms with Crippen LogP contribution in [0.4, 0.5) is 0 Å². The summed E-state index contributed by atoms with van der Waals surface area (Å²) in [5, 5.41) is 22.8. The van der Waals surface area contributed by atoms with Crippen LogP contribution in [-0.2, 0) is 4.79 Å². The van der Waals surface area contributed by atoms with Crippen LogP contribution in [0, 0.1) is 0 Å². The minimum Gasteiger partial charge on any atom is -0.394 e. The van der Waals surface area contributed by atoms with Gasteiger partial charge in [0.25, 0.3) is 0 Å². The third kappa shape index (κ3) is 37.2. The summed E-state index contributed by atoms with van der Waals surface area (Å²) in [5.74, 6) is -0.0823. The Morgan fingerprint density at radius 1 is 0.510 bits per heavy atom. The summed E-state index contributed by atoms with van der Waals surface area (Å²) in [6.45, 7) is 4.15. The number of rotatable bonds is 37. The predicted molar refractivity (Wildman–Crippen MR) is 216 cm³/mol. The number of hydrogen-bond acceptors (Lipinski definition) is 3. The van der Waals surface area contributed by atoms with Gasteiger partial charge in [0, 0.05) is 6.42 Å². The molecule has 0 heterocycles. The van der Waals surface area contributed by atoms with Crippen molar-refractivity contribution in [2.24, 2.45) is 0 Å². The molecular weight excluding hydrogens is 602 g/mol. The fourth-order valence-corrected chi connectivity index (χ4v) is 6.01. The predicted octanol–water partition coefficient (Wildman–Crippen LogP) is 13.0. The van der Waals surface area contributed by atoms with Crippen LogP contribution >= 0.6 is 0 Å². The molecule has 0 saturated heterocycles. The van der Waals surface area contributed by atoms with E-state index in [0.29, 0.717) is 6.42 Å². The van der Waals surface area contributed by atoms with E-state index in [4.69, 9.17) is 0 Å². The molecule has 49 heavy (non-hydrogen) atoms. The van der Waals surface area contributed by atoms with Crippen molar-refractivity contribution in [2.45, 2.75) is 212 Å². The van der Waals surface area contributed by atoms with Gasteiger partial charge in [0.05, 0.1) is 18.8 Å². The van der Waals surface area contributed by atoms with Gasteiger partial charge in [0.1, 0.15) is 0 Å². The van der Waals surface area contributed by atoms with E-state index in [0.717, 1.165) is 51.4 Å². The van der Waals surface area contributed by atoms with Gasteiger partial charge in [-0.1, -0.05) is 184 Å². The fraction of sp³-hybridized carbons (Fsp3) is 0.756. The lowest BCUT2D eigenvalue weighted by Crippen LogP contribution is -2.45. The number of amides is 1. The highest BCUT2D eigenvalue weighted by Gasteiger charge is 2.17. The summed E-state index contributed by atoms with van der Waals surface area (Å²) >= 11 is 0. The van der Waals surface area contributed by atoms with Crippen LogP contribution in [0.5, 0.6) is 0 Å². The van der Waals surface area contributed by atoms with Crippen LogP contribution < -0.4 is 5.32 Å². The summed E-state index contributed by atoms with van der Waals surface area (Å²) in [4.78, 5) is 12.3. The molecule has 0 aromatic heterocycles. The maximum atomic E-state index is 12.3. The van der Waals surface area contributed by atoms with Crippen LogP contribution in [0.3, 0.4) is 0 Å². The molecule has 0 spiro atoms. The molecule has 2 atom stereocenters. The van der Waals surface area contributed by atoms with Crippen LogP contribution in [0.15, 0.2) is 60.8 Å². The van der Waals surface area contributed by atoms with Gasteiger partial charge < -0.3 is 15.5 Å². The zero-order chi connectivity index (χ0) is 35.7. The van der Waals surface area contributed by atoms with Crippen molar-refractivity contribution in [3.05, 3.63) is 60.8 Å². The minimum absolute atomic E-state index is 0.0823. The molecule has 0 aliphatic heterocycles. The molecule has 3 N–H and O–H groups in total. The lowest BCUT2D eigenvalue weighted by atomic mass is 10.0. The van der Waals surface area contributed by atoms with Gasteiger partial charge in [-0.15, -0.1) is 0 Å². The number of carbonyl (C=O) groups excluding carboxylic acids is 1. The molecule has 0 aromatic carbocycles. The van der Waals surface area contributed by atoms with E-state index in [9.17, 15) is 15.0 Å². The van der Waals surface area contributed by atoms with Crippen molar-refractivity contribution in [1.29, 1.82) is 0 Å². The van der Waals surface area contributed by atoms with Crippen molar-refractivity contribution < 1.29 is 15.0 Å². The molecule has 0 bridgehead atoms. The lowest BCUT2D eigenvalue weighted by Gasteiger charge is -2.19. The average Bonchev–Trinajstić information content (AvgIpc) is 3.10. The number of carbonyl (C=O) groups is 1. The summed E-state index contributed by atoms with van der Waals surface area (Å²) < 4.78 is 0. The molecule has 1 amide bonds. The molecule has 284 valence electrons. The van der Waals surface area contributed by atoms with Gasteiger partial charge in [-0.25, -0.2) is 0 Å². The van der Waals surface area contributed by atoms with Crippen molar-refractivity contribution in [3.63, 3.8) is 0 Å². The third-order valence-corrected chi connectivity index (χ3v) is 9.21. The second-order valence-electron chi connectivity index (χ2n) is 14.0. The number of unbranched alkanes of at least 4 members (excludes halogenated alkanes) is 22. The smallest absolute Gasteiger partial charge is 0.220 e. The Bertz CT molecular complexity index is 827. The zero-order valence-corrected chi connectivity index (χ0v) is 32.4. The number of aliphatic hydroxyl groups excluding tert-OH is 2. The maximum absolute atomic E-state index is 12.3. The number of hydrogen-bond donors (Lipinski definition) is 3. The normalized spacial score (nSPS) is 13.6. The van der Waals surface area contributed by atoms with Gasteiger partial charge in [-0.05, 0) is 70.6 Å². The van der Waals surface area contributed by atoms with E-state index in [1.165, 1.54) is 128 Å². The third-order valence-electron chi connectivity index (χ3n) is 9.21. The summed E-state index contributed by atoms with van der Waals surface area (Å²) in [6.07, 6.45) is 56.3. The SMILES string of the molecule is CC/C=C/CC/C=C/CC/C=C/C(O)C(CO)NC(=O)CCCCCCCCCCCCCCCCC/C=C\C/C=C\CCCCCCC. The molecular formula is C45H81NO3. The van der Waals surface area contributed by atoms with Gasteiger partial charge in [-0.3, -0.25) is 4.79 Å². The van der Waals surface area contributed by atoms with Crippen LogP contribution in [0.25, 0.3) is 0 Å². The van der Waals surface area contributed by atoms with E-state index in [-0.39, 0.29) is 12.5 Å². The number of aliphatic hydroxyl groups is 2. The van der Waals surface area contributed by atoms with Gasteiger partial charge in [-0.2, -0.15) is 0 Å². The molecule has 0 fully saturated rings. The molecule has 0 aliphatic rings. The van der Waals surface area contributed by atoms with Crippen molar-refractivity contribution in [3.8, 4) is 0 Å². The van der Waals surface area contributed by atoms with Crippen LogP contribution in [0.1, 0.15) is 200 Å². The van der Waals surface area contributed by atoms with E-state index >= 15 is 0 Å². The minimum atomic E-state index is -0.868. The highest BCUT2D eigenvalue weighted by Crippen LogP contribution is 2.14. The first-order valence-corrected chi connectivity index (χ1v) is 21.0. The van der Waals surface area contributed by atoms with Gasteiger partial charge in [0.2, 0.25) is 5.91 Å². The van der Waals surface area contributed by atoms with E-state index in [1.54, 1.807) is 6.08 Å². The lowest BCUT2D eigenvalue weighted by molar-refractivity contribution is -0.123. The molecule has 4 nitrogen and oxygen atoms in total. The quantitative estimate of drug-likeness (QED) is 0.0451. The first-order chi connectivity index (χ1) is 24.2. The topological polar surface area (TPSA) is 69.6 Å². The van der Waals surface area contributed by atoms with Gasteiger partial charge in [0.15, 0.2) is 0 Å². The zero-order valence-electron chi connectivity index (χ0n) is 32.4. The largest absolute Gasteiger partial charge is 0.394 e. The summed E-state index contributed by atoms with van der Waals surface area (Å²) in [6, 6.07) is -0.644. The van der Waals surface area contributed by atoms with E-state index in [1.807, 2.05) is 6.08 Å². The molecule has 2 unspecified atom stereocenters. The monoisotopic (exact) mass is 684 g/mol. The van der Waals surface area contributed by atoms with Gasteiger partial charge >= 0.3 is 0 Å². The first-order valence-electron chi connectivity index (χ1n) is 21.0. The van der Waals surface area contributed by atoms with Crippen LogP contribution in [0.2, 0.25) is 0 Å². The Morgan fingerprint density at radius 2 is 0.918 bits per heavy atom. The molecule has 0 rings (SSSR count). The number of allylic oxidation sites excluding steroid dienone is 9. The van der Waals surface area contributed by atoms with Crippen molar-refractivity contribution in [1.82, 2.24) is 5.32 Å².